The third kappa shape index (κ3) is 3.10. The van der Waals surface area contributed by atoms with Crippen LogP contribution in [0.1, 0.15) is 25.7 Å². The molecule has 2 aliphatic rings. The van der Waals surface area contributed by atoms with Gasteiger partial charge in [0.15, 0.2) is 0 Å². The van der Waals surface area contributed by atoms with Gasteiger partial charge < -0.3 is 10.1 Å². The second-order valence-corrected chi connectivity index (χ2v) is 4.87. The normalized spacial score (nSPS) is 29.0. The van der Waals surface area contributed by atoms with E-state index in [9.17, 15) is 10.0 Å². The van der Waals surface area contributed by atoms with Crippen molar-refractivity contribution in [2.24, 2.45) is 5.16 Å². The number of amides is 1. The predicted octanol–water partition coefficient (Wildman–Crippen LogP) is 1.09. The molecule has 5 nitrogen and oxygen atoms in total. The fourth-order valence-corrected chi connectivity index (χ4v) is 2.72. The molecule has 0 bridgehead atoms. The number of rotatable bonds is 2. The van der Waals surface area contributed by atoms with E-state index in [0.717, 1.165) is 64.0 Å². The van der Waals surface area contributed by atoms with Crippen LogP contribution in [0.15, 0.2) is 17.3 Å². The van der Waals surface area contributed by atoms with Crippen LogP contribution in [0.2, 0.25) is 0 Å². The Kier molecular flexibility index (Phi) is 4.75. The van der Waals surface area contributed by atoms with Gasteiger partial charge in [0.1, 0.15) is 0 Å². The number of hydrogen-bond donors (Lipinski definition) is 1. The molecule has 0 aromatic heterocycles. The minimum Gasteiger partial charge on any atom is -0.411 e. The Morgan fingerprint density at radius 2 is 1.94 bits per heavy atom. The van der Waals surface area contributed by atoms with Crippen molar-refractivity contribution in [1.82, 2.24) is 9.80 Å². The average Bonchev–Trinajstić information content (AvgIpc) is 2.39. The number of carbonyl (C=O) groups excluding carboxylic acids is 1. The molecule has 0 radical (unpaired) electrons. The molecule has 1 unspecified atom stereocenters. The largest absolute Gasteiger partial charge is 0.411 e. The zero-order chi connectivity index (χ0) is 12.8. The lowest BCUT2D eigenvalue weighted by Gasteiger charge is -2.38. The van der Waals surface area contributed by atoms with Crippen LogP contribution >= 0.6 is 0 Å². The summed E-state index contributed by atoms with van der Waals surface area (Å²) >= 11 is 0. The first-order valence-corrected chi connectivity index (χ1v) is 6.64. The van der Waals surface area contributed by atoms with Gasteiger partial charge in [-0.05, 0) is 25.7 Å². The topological polar surface area (TPSA) is 56.1 Å². The van der Waals surface area contributed by atoms with Gasteiger partial charge in [-0.25, -0.2) is 0 Å². The molecule has 1 saturated heterocycles. The van der Waals surface area contributed by atoms with Gasteiger partial charge in [0.25, 0.3) is 0 Å². The van der Waals surface area contributed by atoms with Crippen LogP contribution < -0.4 is 0 Å². The van der Waals surface area contributed by atoms with Gasteiger partial charge in [0, 0.05) is 26.2 Å². The molecule has 1 amide bonds. The number of allylic oxidation sites excluding steroid dienone is 2. The van der Waals surface area contributed by atoms with Crippen molar-refractivity contribution in [1.29, 1.82) is 0 Å². The van der Waals surface area contributed by atoms with E-state index in [1.54, 1.807) is 4.90 Å². The second-order valence-electron chi connectivity index (χ2n) is 4.87. The van der Waals surface area contributed by atoms with Crippen molar-refractivity contribution in [3.63, 3.8) is 0 Å². The smallest absolute Gasteiger partial charge is 0.209 e. The van der Waals surface area contributed by atoms with Crippen LogP contribution in [-0.2, 0) is 4.79 Å². The third-order valence-corrected chi connectivity index (χ3v) is 3.79. The van der Waals surface area contributed by atoms with Crippen LogP contribution in [-0.4, -0.2) is 59.3 Å². The molecule has 5 heteroatoms. The zero-order valence-corrected chi connectivity index (χ0v) is 10.7. The van der Waals surface area contributed by atoms with Gasteiger partial charge in [0.05, 0.1) is 11.8 Å². The van der Waals surface area contributed by atoms with Gasteiger partial charge in [-0.1, -0.05) is 17.3 Å². The summed E-state index contributed by atoms with van der Waals surface area (Å²) in [6, 6.07) is 0.230. The molecule has 1 fully saturated rings. The van der Waals surface area contributed by atoms with E-state index in [-0.39, 0.29) is 6.04 Å². The second kappa shape index (κ2) is 6.54. The summed E-state index contributed by atoms with van der Waals surface area (Å²) in [7, 11) is 0. The first-order valence-electron chi connectivity index (χ1n) is 6.64. The van der Waals surface area contributed by atoms with Crippen molar-refractivity contribution in [3.8, 4) is 0 Å². The van der Waals surface area contributed by atoms with Crippen molar-refractivity contribution in [3.05, 3.63) is 12.2 Å². The maximum absolute atomic E-state index is 10.7. The van der Waals surface area contributed by atoms with Gasteiger partial charge in [0.2, 0.25) is 6.41 Å². The Morgan fingerprint density at radius 1 is 1.22 bits per heavy atom. The molecular weight excluding hydrogens is 230 g/mol. The molecule has 0 aromatic rings. The predicted molar refractivity (Wildman–Crippen MR) is 69.8 cm³/mol. The van der Waals surface area contributed by atoms with E-state index in [1.807, 2.05) is 0 Å². The Hall–Kier alpha value is -1.36. The van der Waals surface area contributed by atoms with E-state index in [4.69, 9.17) is 0 Å². The molecule has 0 saturated carbocycles. The number of hydrogen-bond acceptors (Lipinski definition) is 4. The Morgan fingerprint density at radius 3 is 2.61 bits per heavy atom. The van der Waals surface area contributed by atoms with Crippen LogP contribution in [0, 0.1) is 0 Å². The quantitative estimate of drug-likeness (QED) is 0.346. The highest BCUT2D eigenvalue weighted by Gasteiger charge is 2.27. The molecule has 1 atom stereocenters. The fourth-order valence-electron chi connectivity index (χ4n) is 2.72. The minimum atomic E-state index is 0.230. The van der Waals surface area contributed by atoms with Crippen molar-refractivity contribution >= 4 is 12.1 Å². The number of piperazine rings is 1. The van der Waals surface area contributed by atoms with E-state index in [1.165, 1.54) is 0 Å². The molecule has 1 aliphatic heterocycles. The summed E-state index contributed by atoms with van der Waals surface area (Å²) in [4.78, 5) is 14.8. The monoisotopic (exact) mass is 251 g/mol. The van der Waals surface area contributed by atoms with Gasteiger partial charge in [-0.15, -0.1) is 0 Å². The summed E-state index contributed by atoms with van der Waals surface area (Å²) in [5, 5.41) is 12.7. The van der Waals surface area contributed by atoms with E-state index >= 15 is 0 Å². The van der Waals surface area contributed by atoms with Crippen LogP contribution in [0.4, 0.5) is 0 Å². The van der Waals surface area contributed by atoms with Gasteiger partial charge in [-0.2, -0.15) is 0 Å². The Balaban J connectivity index is 2.00. The number of carbonyl (C=O) groups is 1. The molecule has 2 rings (SSSR count). The highest BCUT2D eigenvalue weighted by Crippen LogP contribution is 2.18. The zero-order valence-electron chi connectivity index (χ0n) is 10.7. The van der Waals surface area contributed by atoms with Crippen LogP contribution in [0.5, 0.6) is 0 Å². The fraction of sp³-hybridized carbons (Fsp3) is 0.692. The average molecular weight is 251 g/mol. The molecular formula is C13H21N3O2. The van der Waals surface area contributed by atoms with Crippen molar-refractivity contribution < 1.29 is 10.0 Å². The van der Waals surface area contributed by atoms with Gasteiger partial charge >= 0.3 is 0 Å². The van der Waals surface area contributed by atoms with Gasteiger partial charge in [-0.3, -0.25) is 9.69 Å². The third-order valence-electron chi connectivity index (χ3n) is 3.79. The summed E-state index contributed by atoms with van der Waals surface area (Å²) in [5.41, 5.74) is 0.888. The highest BCUT2D eigenvalue weighted by molar-refractivity contribution is 5.89. The van der Waals surface area contributed by atoms with E-state index < -0.39 is 0 Å². The minimum absolute atomic E-state index is 0.230. The van der Waals surface area contributed by atoms with Crippen molar-refractivity contribution in [2.45, 2.75) is 31.7 Å². The van der Waals surface area contributed by atoms with Crippen LogP contribution in [0.3, 0.4) is 0 Å². The summed E-state index contributed by atoms with van der Waals surface area (Å²) in [6.45, 7) is 3.28. The lowest BCUT2D eigenvalue weighted by Crippen LogP contribution is -2.52. The SMILES string of the molecule is O=CN1CCN(C2CCC=CCCC2=NO)CC1. The first-order chi connectivity index (χ1) is 8.85. The first kappa shape index (κ1) is 13.1. The lowest BCUT2D eigenvalue weighted by atomic mass is 9.96. The molecule has 1 heterocycles. The number of oxime groups is 1. The summed E-state index contributed by atoms with van der Waals surface area (Å²) in [6.07, 6.45) is 9.08. The lowest BCUT2D eigenvalue weighted by molar-refractivity contribution is -0.119. The Labute approximate surface area is 108 Å². The molecule has 100 valence electrons. The maximum atomic E-state index is 10.7. The molecule has 1 N–H and O–H groups in total. The van der Waals surface area contributed by atoms with Crippen molar-refractivity contribution in [2.75, 3.05) is 26.2 Å². The highest BCUT2D eigenvalue weighted by atomic mass is 16.4. The van der Waals surface area contributed by atoms with E-state index in [2.05, 4.69) is 22.2 Å². The standard InChI is InChI=1S/C13H21N3O2/c17-11-15-7-9-16(10-8-15)13-6-4-2-1-3-5-12(13)14-18/h1-2,11,13,18H,3-10H2. The summed E-state index contributed by atoms with van der Waals surface area (Å²) in [5.74, 6) is 0. The van der Waals surface area contributed by atoms with Crippen LogP contribution in [0.25, 0.3) is 0 Å². The number of nitrogens with zero attached hydrogens (tertiary/aromatic N) is 3. The molecule has 1 aliphatic carbocycles. The maximum Gasteiger partial charge on any atom is 0.209 e. The molecule has 0 aromatic carbocycles. The summed E-state index contributed by atoms with van der Waals surface area (Å²) < 4.78 is 0. The Bertz CT molecular complexity index is 333. The molecule has 18 heavy (non-hydrogen) atoms. The van der Waals surface area contributed by atoms with E-state index in [0.29, 0.717) is 0 Å². The molecule has 0 spiro atoms.